The van der Waals surface area contributed by atoms with Crippen LogP contribution in [0.5, 0.6) is 0 Å². The molecule has 0 saturated heterocycles. The van der Waals surface area contributed by atoms with E-state index in [4.69, 9.17) is 0 Å². The molecule has 0 amide bonds. The average molecular weight is 332 g/mol. The lowest BCUT2D eigenvalue weighted by molar-refractivity contribution is 0.399. The van der Waals surface area contributed by atoms with Gasteiger partial charge in [0.05, 0.1) is 0 Å². The van der Waals surface area contributed by atoms with Crippen molar-refractivity contribution in [1.29, 1.82) is 0 Å². The number of hydrogen-bond acceptors (Lipinski definition) is 4. The highest BCUT2D eigenvalue weighted by Crippen LogP contribution is 2.19. The van der Waals surface area contributed by atoms with E-state index in [1.807, 2.05) is 25.2 Å². The molecule has 0 aliphatic rings. The monoisotopic (exact) mass is 331 g/mol. The van der Waals surface area contributed by atoms with Crippen LogP contribution in [0.4, 0.5) is 0 Å². The van der Waals surface area contributed by atoms with E-state index in [9.17, 15) is 0 Å². The number of nitrogens with zero attached hydrogens (tertiary/aromatic N) is 4. The molecule has 0 aliphatic heterocycles. The zero-order valence-corrected chi connectivity index (χ0v) is 14.2. The molecule has 0 fully saturated rings. The second-order valence-electron chi connectivity index (χ2n) is 4.83. The van der Waals surface area contributed by atoms with E-state index in [2.05, 4.69) is 46.6 Å². The summed E-state index contributed by atoms with van der Waals surface area (Å²) in [6.07, 6.45) is 0. The predicted octanol–water partition coefficient (Wildman–Crippen LogP) is 1.98. The van der Waals surface area contributed by atoms with Gasteiger partial charge >= 0.3 is 0 Å². The van der Waals surface area contributed by atoms with E-state index in [-0.39, 0.29) is 24.8 Å². The van der Waals surface area contributed by atoms with E-state index in [1.54, 1.807) is 4.80 Å². The van der Waals surface area contributed by atoms with Gasteiger partial charge in [0, 0.05) is 32.2 Å². The van der Waals surface area contributed by atoms with Crippen molar-refractivity contribution in [2.45, 2.75) is 6.54 Å². The zero-order chi connectivity index (χ0) is 13.7. The molecule has 0 bridgehead atoms. The predicted molar refractivity (Wildman–Crippen MR) is 91.2 cm³/mol. The summed E-state index contributed by atoms with van der Waals surface area (Å²) in [7, 11) is 5.99. The van der Waals surface area contributed by atoms with Gasteiger partial charge in [0.15, 0.2) is 0 Å². The van der Waals surface area contributed by atoms with Crippen LogP contribution < -0.4 is 5.32 Å². The molecule has 0 saturated carbocycles. The van der Waals surface area contributed by atoms with E-state index in [0.717, 1.165) is 36.6 Å². The Balaban J connectivity index is 0.00000200. The number of aryl methyl sites for hydroxylation is 1. The fraction of sp³-hybridized carbons (Fsp3) is 0.429. The molecule has 2 aromatic rings. The van der Waals surface area contributed by atoms with Crippen LogP contribution in [0.25, 0.3) is 11.3 Å². The van der Waals surface area contributed by atoms with Gasteiger partial charge in [-0.05, 0) is 14.1 Å². The molecular weight excluding hydrogens is 309 g/mol. The number of halogens is 2. The number of aromatic nitrogens is 3. The number of benzene rings is 1. The van der Waals surface area contributed by atoms with Crippen molar-refractivity contribution in [1.82, 2.24) is 25.2 Å². The number of likely N-dealkylation sites (N-methyl/N-ethyl adjacent to an activating group) is 1. The Kier molecular flexibility index (Phi) is 9.21. The van der Waals surface area contributed by atoms with Crippen LogP contribution in [-0.4, -0.2) is 47.1 Å². The third-order valence-electron chi connectivity index (χ3n) is 2.86. The van der Waals surface area contributed by atoms with Crippen molar-refractivity contribution in [3.63, 3.8) is 0 Å². The Hall–Kier alpha value is -1.14. The van der Waals surface area contributed by atoms with Crippen LogP contribution in [0.1, 0.15) is 5.69 Å². The second-order valence-corrected chi connectivity index (χ2v) is 4.83. The SMILES string of the molecule is CN(C)CCNCc1nn(C)nc1-c1ccccc1.Cl.Cl. The molecule has 1 aromatic heterocycles. The van der Waals surface area contributed by atoms with Gasteiger partial charge in [0.2, 0.25) is 0 Å². The molecule has 1 heterocycles. The summed E-state index contributed by atoms with van der Waals surface area (Å²) in [6.45, 7) is 2.70. The highest BCUT2D eigenvalue weighted by Gasteiger charge is 2.10. The first-order chi connectivity index (χ1) is 9.16. The van der Waals surface area contributed by atoms with Crippen LogP contribution >= 0.6 is 24.8 Å². The second kappa shape index (κ2) is 9.73. The lowest BCUT2D eigenvalue weighted by Crippen LogP contribution is -2.26. The van der Waals surface area contributed by atoms with Gasteiger partial charge in [-0.15, -0.1) is 24.8 Å². The van der Waals surface area contributed by atoms with Crippen LogP contribution in [-0.2, 0) is 13.6 Å². The molecule has 2 rings (SSSR count). The highest BCUT2D eigenvalue weighted by molar-refractivity contribution is 5.85. The third kappa shape index (κ3) is 6.01. The van der Waals surface area contributed by atoms with Gasteiger partial charge < -0.3 is 10.2 Å². The molecule has 1 N–H and O–H groups in total. The zero-order valence-electron chi connectivity index (χ0n) is 12.6. The van der Waals surface area contributed by atoms with Crippen molar-refractivity contribution in [3.8, 4) is 11.3 Å². The molecular formula is C14H23Cl2N5. The van der Waals surface area contributed by atoms with Crippen LogP contribution in [0, 0.1) is 0 Å². The van der Waals surface area contributed by atoms with Gasteiger partial charge in [-0.1, -0.05) is 30.3 Å². The van der Waals surface area contributed by atoms with Gasteiger partial charge in [-0.2, -0.15) is 15.0 Å². The van der Waals surface area contributed by atoms with Crippen LogP contribution in [0.15, 0.2) is 30.3 Å². The largest absolute Gasteiger partial charge is 0.310 e. The van der Waals surface area contributed by atoms with Gasteiger partial charge in [-0.3, -0.25) is 0 Å². The Labute approximate surface area is 138 Å². The maximum Gasteiger partial charge on any atom is 0.117 e. The highest BCUT2D eigenvalue weighted by atomic mass is 35.5. The fourth-order valence-electron chi connectivity index (χ4n) is 1.90. The molecule has 0 radical (unpaired) electrons. The van der Waals surface area contributed by atoms with Crippen LogP contribution in [0.2, 0.25) is 0 Å². The van der Waals surface area contributed by atoms with E-state index >= 15 is 0 Å². The van der Waals surface area contributed by atoms with E-state index in [1.165, 1.54) is 0 Å². The molecule has 0 unspecified atom stereocenters. The molecule has 118 valence electrons. The summed E-state index contributed by atoms with van der Waals surface area (Å²) in [6, 6.07) is 10.2. The maximum atomic E-state index is 4.45. The summed E-state index contributed by atoms with van der Waals surface area (Å²) < 4.78 is 0. The number of nitrogens with one attached hydrogen (secondary N) is 1. The van der Waals surface area contributed by atoms with Gasteiger partial charge in [0.25, 0.3) is 0 Å². The minimum atomic E-state index is 0. The minimum Gasteiger partial charge on any atom is -0.310 e. The van der Waals surface area contributed by atoms with Crippen LogP contribution in [0.3, 0.4) is 0 Å². The summed E-state index contributed by atoms with van der Waals surface area (Å²) in [5.41, 5.74) is 3.06. The lowest BCUT2D eigenvalue weighted by Gasteiger charge is -2.09. The molecule has 0 spiro atoms. The van der Waals surface area contributed by atoms with Crippen molar-refractivity contribution in [3.05, 3.63) is 36.0 Å². The fourth-order valence-corrected chi connectivity index (χ4v) is 1.90. The van der Waals surface area contributed by atoms with Gasteiger partial charge in [0.1, 0.15) is 11.4 Å². The van der Waals surface area contributed by atoms with Crippen molar-refractivity contribution >= 4 is 24.8 Å². The summed E-state index contributed by atoms with van der Waals surface area (Å²) in [5.74, 6) is 0. The first-order valence-electron chi connectivity index (χ1n) is 6.48. The third-order valence-corrected chi connectivity index (χ3v) is 2.86. The summed E-state index contributed by atoms with van der Waals surface area (Å²) in [5, 5.41) is 12.3. The normalized spacial score (nSPS) is 10.1. The Morgan fingerprint density at radius 2 is 1.76 bits per heavy atom. The van der Waals surface area contributed by atoms with Crippen molar-refractivity contribution < 1.29 is 0 Å². The molecule has 7 heteroatoms. The van der Waals surface area contributed by atoms with Crippen molar-refractivity contribution in [2.24, 2.45) is 7.05 Å². The Morgan fingerprint density at radius 1 is 1.10 bits per heavy atom. The van der Waals surface area contributed by atoms with E-state index < -0.39 is 0 Å². The lowest BCUT2D eigenvalue weighted by atomic mass is 10.1. The smallest absolute Gasteiger partial charge is 0.117 e. The molecule has 0 atom stereocenters. The Morgan fingerprint density at radius 3 is 2.38 bits per heavy atom. The molecule has 21 heavy (non-hydrogen) atoms. The first-order valence-corrected chi connectivity index (χ1v) is 6.48. The van der Waals surface area contributed by atoms with Gasteiger partial charge in [-0.25, -0.2) is 0 Å². The molecule has 0 aliphatic carbocycles. The topological polar surface area (TPSA) is 46.0 Å². The summed E-state index contributed by atoms with van der Waals surface area (Å²) in [4.78, 5) is 3.78. The standard InChI is InChI=1S/C14H21N5.2ClH/c1-18(2)10-9-15-11-13-14(17-19(3)16-13)12-7-5-4-6-8-12;;/h4-8,15H,9-11H2,1-3H3;2*1H. The van der Waals surface area contributed by atoms with E-state index in [0.29, 0.717) is 0 Å². The first kappa shape index (κ1) is 19.9. The minimum absolute atomic E-state index is 0. The van der Waals surface area contributed by atoms with Crippen molar-refractivity contribution in [2.75, 3.05) is 27.2 Å². The molecule has 1 aromatic carbocycles. The molecule has 5 nitrogen and oxygen atoms in total. The average Bonchev–Trinajstić information content (AvgIpc) is 2.77. The maximum absolute atomic E-state index is 4.45. The Bertz CT molecular complexity index is 513. The number of rotatable bonds is 6. The number of hydrogen-bond donors (Lipinski definition) is 1. The quantitative estimate of drug-likeness (QED) is 0.822. The summed E-state index contributed by atoms with van der Waals surface area (Å²) >= 11 is 0.